The summed E-state index contributed by atoms with van der Waals surface area (Å²) in [7, 11) is 1.56. The number of methoxy groups -OCH3 is 1. The van der Waals surface area contributed by atoms with E-state index in [2.05, 4.69) is 15.5 Å². The van der Waals surface area contributed by atoms with Crippen LogP contribution in [0.25, 0.3) is 16.6 Å². The minimum absolute atomic E-state index is 0.0315. The van der Waals surface area contributed by atoms with Crippen molar-refractivity contribution in [3.63, 3.8) is 0 Å². The number of aromatic carboxylic acids is 1. The maximum absolute atomic E-state index is 13.3. The molecule has 0 unspecified atom stereocenters. The summed E-state index contributed by atoms with van der Waals surface area (Å²) in [5.74, 6) is -0.790. The first-order chi connectivity index (χ1) is 17.0. The van der Waals surface area contributed by atoms with Crippen LogP contribution in [0.4, 0.5) is 0 Å². The molecule has 3 aromatic carbocycles. The van der Waals surface area contributed by atoms with Crippen molar-refractivity contribution in [2.75, 3.05) is 12.9 Å². The summed E-state index contributed by atoms with van der Waals surface area (Å²) in [5, 5.41) is 13.7. The van der Waals surface area contributed by atoms with Crippen molar-refractivity contribution in [2.45, 2.75) is 5.16 Å². The van der Waals surface area contributed by atoms with E-state index in [0.29, 0.717) is 33.1 Å². The third kappa shape index (κ3) is 5.56. The average Bonchev–Trinajstić information content (AvgIpc) is 2.88. The number of rotatable bonds is 8. The molecule has 0 aliphatic rings. The Kier molecular flexibility index (Phi) is 7.22. The lowest BCUT2D eigenvalue weighted by atomic mass is 10.1. The van der Waals surface area contributed by atoms with Gasteiger partial charge in [-0.15, -0.1) is 0 Å². The Morgan fingerprint density at radius 3 is 2.49 bits per heavy atom. The van der Waals surface area contributed by atoms with E-state index in [1.807, 2.05) is 0 Å². The number of benzene rings is 3. The molecule has 0 fully saturated rings. The molecule has 0 bridgehead atoms. The molecule has 2 N–H and O–H groups in total. The van der Waals surface area contributed by atoms with Gasteiger partial charge in [-0.1, -0.05) is 36.0 Å². The number of nitrogens with one attached hydrogen (secondary N) is 1. The first-order valence-corrected chi connectivity index (χ1v) is 11.4. The molecule has 35 heavy (non-hydrogen) atoms. The number of hydrazone groups is 1. The van der Waals surface area contributed by atoms with E-state index in [4.69, 9.17) is 9.84 Å². The number of carboxylic acid groups (broad SMARTS) is 1. The molecule has 1 amide bonds. The van der Waals surface area contributed by atoms with Gasteiger partial charge in [0.1, 0.15) is 5.75 Å². The third-order valence-corrected chi connectivity index (χ3v) is 5.91. The SMILES string of the molecule is COc1ccc(-n2c(SCC(=O)N/N=C\c3ccc(C(=O)O)cc3)nc3ccccc3c2=O)cc1. The Balaban J connectivity index is 1.52. The molecule has 10 heteroatoms. The monoisotopic (exact) mass is 488 g/mol. The highest BCUT2D eigenvalue weighted by atomic mass is 32.2. The standard InChI is InChI=1S/C25H20N4O5S/c1-34-19-12-10-18(11-13-19)29-23(31)20-4-2-3-5-21(20)27-25(29)35-15-22(30)28-26-14-16-6-8-17(9-7-16)24(32)33/h2-14H,15H2,1H3,(H,28,30)(H,32,33)/b26-14-. The number of ether oxygens (including phenoxy) is 1. The number of hydrogen-bond donors (Lipinski definition) is 2. The van der Waals surface area contributed by atoms with Crippen molar-refractivity contribution in [1.82, 2.24) is 15.0 Å². The van der Waals surface area contributed by atoms with Crippen LogP contribution in [0.15, 0.2) is 87.8 Å². The molecule has 0 atom stereocenters. The lowest BCUT2D eigenvalue weighted by molar-refractivity contribution is -0.118. The first-order valence-electron chi connectivity index (χ1n) is 10.4. The van der Waals surface area contributed by atoms with Crippen molar-refractivity contribution in [3.05, 3.63) is 94.3 Å². The van der Waals surface area contributed by atoms with Crippen LogP contribution in [0, 0.1) is 0 Å². The molecule has 1 aromatic heterocycles. The number of amides is 1. The highest BCUT2D eigenvalue weighted by Crippen LogP contribution is 2.22. The summed E-state index contributed by atoms with van der Waals surface area (Å²) >= 11 is 1.11. The molecule has 4 rings (SSSR count). The number of carboxylic acids is 1. The summed E-state index contributed by atoms with van der Waals surface area (Å²) in [6, 6.07) is 20.1. The van der Waals surface area contributed by atoms with E-state index in [0.717, 1.165) is 11.8 Å². The Morgan fingerprint density at radius 1 is 1.09 bits per heavy atom. The minimum Gasteiger partial charge on any atom is -0.497 e. The number of carbonyl (C=O) groups excluding carboxylic acids is 1. The average molecular weight is 489 g/mol. The van der Waals surface area contributed by atoms with Crippen LogP contribution in [0.5, 0.6) is 5.75 Å². The van der Waals surface area contributed by atoms with Crippen molar-refractivity contribution >= 4 is 40.8 Å². The molecule has 0 spiro atoms. The number of nitrogens with zero attached hydrogens (tertiary/aromatic N) is 3. The Labute approximate surface area is 204 Å². The molecule has 176 valence electrons. The number of carbonyl (C=O) groups is 2. The highest BCUT2D eigenvalue weighted by Gasteiger charge is 2.15. The fourth-order valence-corrected chi connectivity index (χ4v) is 4.03. The molecule has 0 aliphatic carbocycles. The number of hydrogen-bond acceptors (Lipinski definition) is 7. The van der Waals surface area contributed by atoms with Crippen molar-refractivity contribution < 1.29 is 19.4 Å². The number of aromatic nitrogens is 2. The summed E-state index contributed by atoms with van der Waals surface area (Å²) in [6.45, 7) is 0. The zero-order valence-electron chi connectivity index (χ0n) is 18.5. The van der Waals surface area contributed by atoms with Gasteiger partial charge in [0.25, 0.3) is 11.5 Å². The fraction of sp³-hybridized carbons (Fsp3) is 0.0800. The molecule has 1 heterocycles. The van der Waals surface area contributed by atoms with E-state index in [-0.39, 0.29) is 16.9 Å². The van der Waals surface area contributed by atoms with Crippen molar-refractivity contribution in [2.24, 2.45) is 5.10 Å². The van der Waals surface area contributed by atoms with Crippen LogP contribution in [-0.2, 0) is 4.79 Å². The lowest BCUT2D eigenvalue weighted by Crippen LogP contribution is -2.24. The van der Waals surface area contributed by atoms with E-state index in [1.54, 1.807) is 67.8 Å². The molecule has 0 saturated carbocycles. The lowest BCUT2D eigenvalue weighted by Gasteiger charge is -2.13. The predicted molar refractivity (Wildman–Crippen MR) is 134 cm³/mol. The zero-order chi connectivity index (χ0) is 24.8. The number of fused-ring (bicyclic) bond motifs is 1. The topological polar surface area (TPSA) is 123 Å². The van der Waals surface area contributed by atoms with Gasteiger partial charge in [0.15, 0.2) is 5.16 Å². The van der Waals surface area contributed by atoms with Gasteiger partial charge in [0.05, 0.1) is 41.2 Å². The van der Waals surface area contributed by atoms with Gasteiger partial charge in [-0.2, -0.15) is 5.10 Å². The Morgan fingerprint density at radius 2 is 1.80 bits per heavy atom. The van der Waals surface area contributed by atoms with E-state index in [1.165, 1.54) is 22.9 Å². The Hall–Kier alpha value is -4.44. The number of thioether (sulfide) groups is 1. The predicted octanol–water partition coefficient (Wildman–Crippen LogP) is 3.33. The van der Waals surface area contributed by atoms with E-state index in [9.17, 15) is 14.4 Å². The summed E-state index contributed by atoms with van der Waals surface area (Å²) < 4.78 is 6.67. The molecule has 4 aromatic rings. The van der Waals surface area contributed by atoms with Gasteiger partial charge in [-0.25, -0.2) is 15.2 Å². The summed E-state index contributed by atoms with van der Waals surface area (Å²) in [5.41, 5.74) is 4.11. The second-order valence-electron chi connectivity index (χ2n) is 7.26. The van der Waals surface area contributed by atoms with Crippen LogP contribution < -0.4 is 15.7 Å². The summed E-state index contributed by atoms with van der Waals surface area (Å²) in [4.78, 5) is 41.2. The quantitative estimate of drug-likeness (QED) is 0.169. The van der Waals surface area contributed by atoms with Gasteiger partial charge >= 0.3 is 5.97 Å². The fourth-order valence-electron chi connectivity index (χ4n) is 3.22. The normalized spacial score (nSPS) is 11.0. The number of para-hydroxylation sites is 1. The molecular formula is C25H20N4O5S. The maximum atomic E-state index is 13.3. The van der Waals surface area contributed by atoms with Crippen LogP contribution in [0.2, 0.25) is 0 Å². The van der Waals surface area contributed by atoms with Crippen LogP contribution in [0.1, 0.15) is 15.9 Å². The zero-order valence-corrected chi connectivity index (χ0v) is 19.4. The minimum atomic E-state index is -1.02. The maximum Gasteiger partial charge on any atom is 0.335 e. The molecular weight excluding hydrogens is 468 g/mol. The van der Waals surface area contributed by atoms with Crippen LogP contribution >= 0.6 is 11.8 Å². The van der Waals surface area contributed by atoms with E-state index < -0.39 is 11.9 Å². The van der Waals surface area contributed by atoms with Crippen molar-refractivity contribution in [3.8, 4) is 11.4 Å². The Bertz CT molecular complexity index is 1460. The largest absolute Gasteiger partial charge is 0.497 e. The van der Waals surface area contributed by atoms with Gasteiger partial charge < -0.3 is 9.84 Å². The van der Waals surface area contributed by atoms with Crippen LogP contribution in [0.3, 0.4) is 0 Å². The van der Waals surface area contributed by atoms with Crippen molar-refractivity contribution in [1.29, 1.82) is 0 Å². The summed E-state index contributed by atoms with van der Waals surface area (Å²) in [6.07, 6.45) is 1.41. The second-order valence-corrected chi connectivity index (χ2v) is 8.20. The van der Waals surface area contributed by atoms with Gasteiger partial charge in [0, 0.05) is 0 Å². The molecule has 9 nitrogen and oxygen atoms in total. The van der Waals surface area contributed by atoms with E-state index >= 15 is 0 Å². The van der Waals surface area contributed by atoms with Crippen LogP contribution in [-0.4, -0.2) is 45.6 Å². The first kappa shape index (κ1) is 23.7. The third-order valence-electron chi connectivity index (χ3n) is 4.97. The smallest absolute Gasteiger partial charge is 0.335 e. The van der Waals surface area contributed by atoms with Gasteiger partial charge in [0.2, 0.25) is 0 Å². The molecule has 0 aliphatic heterocycles. The highest BCUT2D eigenvalue weighted by molar-refractivity contribution is 7.99. The van der Waals surface area contributed by atoms with Gasteiger partial charge in [-0.05, 0) is 54.1 Å². The second kappa shape index (κ2) is 10.7. The van der Waals surface area contributed by atoms with Gasteiger partial charge in [-0.3, -0.25) is 14.2 Å². The molecule has 0 radical (unpaired) electrons. The molecule has 0 saturated heterocycles.